The van der Waals surface area contributed by atoms with Gasteiger partial charge in [-0.05, 0) is 38.0 Å². The highest BCUT2D eigenvalue weighted by atomic mass is 16.4. The average Bonchev–Trinajstić information content (AvgIpc) is 2.79. The van der Waals surface area contributed by atoms with Crippen molar-refractivity contribution in [1.29, 1.82) is 0 Å². The van der Waals surface area contributed by atoms with Gasteiger partial charge in [0.05, 0.1) is 6.04 Å². The summed E-state index contributed by atoms with van der Waals surface area (Å²) in [5, 5.41) is 25.5. The lowest BCUT2D eigenvalue weighted by molar-refractivity contribution is -0.142. The number of carboxylic acids is 2. The smallest absolute Gasteiger partial charge is 0.326 e. The predicted octanol–water partition coefficient (Wildman–Crippen LogP) is -2.92. The van der Waals surface area contributed by atoms with Crippen molar-refractivity contribution in [3.8, 4) is 0 Å². The Morgan fingerprint density at radius 2 is 1.26 bits per heavy atom. The fourth-order valence-electron chi connectivity index (χ4n) is 3.29. The summed E-state index contributed by atoms with van der Waals surface area (Å²) in [4.78, 5) is 76.0. The molecule has 0 aliphatic heterocycles. The maximum atomic E-state index is 13.0. The molecule has 0 bridgehead atoms. The zero-order valence-electron chi connectivity index (χ0n) is 21.6. The number of hydrogen-bond acceptors (Lipinski definition) is 8. The van der Waals surface area contributed by atoms with Crippen molar-refractivity contribution < 1.29 is 39.0 Å². The molecule has 0 heterocycles. The van der Waals surface area contributed by atoms with Crippen molar-refractivity contribution in [3.05, 3.63) is 0 Å². The number of aliphatic carboxylic acids is 2. The van der Waals surface area contributed by atoms with E-state index in [2.05, 4.69) is 20.9 Å². The van der Waals surface area contributed by atoms with Gasteiger partial charge in [-0.2, -0.15) is 0 Å². The minimum absolute atomic E-state index is 0.0423. The summed E-state index contributed by atoms with van der Waals surface area (Å²) in [7, 11) is 0. The predicted molar refractivity (Wildman–Crippen MR) is 136 cm³/mol. The molecular formula is C22H40N8O8. The minimum Gasteiger partial charge on any atom is -0.481 e. The molecule has 0 aromatic carbocycles. The van der Waals surface area contributed by atoms with E-state index in [0.29, 0.717) is 6.42 Å². The molecule has 16 nitrogen and oxygen atoms in total. The van der Waals surface area contributed by atoms with Crippen molar-refractivity contribution >= 4 is 41.5 Å². The first-order chi connectivity index (χ1) is 17.6. The normalized spacial score (nSPS) is 13.9. The summed E-state index contributed by atoms with van der Waals surface area (Å²) in [5.41, 5.74) is 21.5. The van der Waals surface area contributed by atoms with Gasteiger partial charge in [-0.15, -0.1) is 0 Å². The molecule has 4 amide bonds. The van der Waals surface area contributed by atoms with Crippen LogP contribution in [0.3, 0.4) is 0 Å². The molecule has 13 N–H and O–H groups in total. The number of nitrogens with one attached hydrogen (secondary N) is 3. The summed E-state index contributed by atoms with van der Waals surface area (Å²) in [5.74, 6) is -5.98. The summed E-state index contributed by atoms with van der Waals surface area (Å²) >= 11 is 0. The molecule has 0 aromatic rings. The Morgan fingerprint density at radius 1 is 0.763 bits per heavy atom. The van der Waals surface area contributed by atoms with Crippen LogP contribution in [0.15, 0.2) is 4.99 Å². The molecule has 16 heteroatoms. The van der Waals surface area contributed by atoms with Gasteiger partial charge in [-0.25, -0.2) is 4.79 Å². The van der Waals surface area contributed by atoms with E-state index in [1.165, 1.54) is 0 Å². The Balaban J connectivity index is 5.61. The van der Waals surface area contributed by atoms with Crippen LogP contribution in [0, 0.1) is 5.92 Å². The van der Waals surface area contributed by atoms with Crippen LogP contribution in [0.5, 0.6) is 0 Å². The van der Waals surface area contributed by atoms with Gasteiger partial charge < -0.3 is 49.1 Å². The Labute approximate surface area is 220 Å². The van der Waals surface area contributed by atoms with E-state index < -0.39 is 66.2 Å². The van der Waals surface area contributed by atoms with Gasteiger partial charge in [-0.1, -0.05) is 13.8 Å². The van der Waals surface area contributed by atoms with E-state index in [1.54, 1.807) is 0 Å². The molecule has 0 aliphatic carbocycles. The Hall–Kier alpha value is -3.95. The average molecular weight is 545 g/mol. The van der Waals surface area contributed by atoms with Crippen LogP contribution in [0.1, 0.15) is 58.8 Å². The van der Waals surface area contributed by atoms with Crippen LogP contribution in [0.25, 0.3) is 0 Å². The molecule has 0 radical (unpaired) electrons. The lowest BCUT2D eigenvalue weighted by Crippen LogP contribution is -2.57. The fraction of sp³-hybridized carbons (Fsp3) is 0.682. The number of nitrogens with zero attached hydrogens (tertiary/aromatic N) is 1. The molecule has 0 aromatic heterocycles. The first-order valence-corrected chi connectivity index (χ1v) is 12.1. The number of carboxylic acid groups (broad SMARTS) is 2. The maximum Gasteiger partial charge on any atom is 0.326 e. The molecular weight excluding hydrogens is 504 g/mol. The fourth-order valence-corrected chi connectivity index (χ4v) is 3.29. The highest BCUT2D eigenvalue weighted by molar-refractivity contribution is 5.94. The van der Waals surface area contributed by atoms with Gasteiger partial charge in [0.2, 0.25) is 23.6 Å². The summed E-state index contributed by atoms with van der Waals surface area (Å²) < 4.78 is 0. The number of hydrogen-bond donors (Lipinski definition) is 9. The number of guanidine groups is 1. The molecule has 0 rings (SSSR count). The van der Waals surface area contributed by atoms with E-state index in [4.69, 9.17) is 28.0 Å². The van der Waals surface area contributed by atoms with Crippen LogP contribution < -0.4 is 38.9 Å². The zero-order valence-corrected chi connectivity index (χ0v) is 21.6. The van der Waals surface area contributed by atoms with Crippen LogP contribution in [0.2, 0.25) is 0 Å². The Morgan fingerprint density at radius 3 is 1.71 bits per heavy atom. The van der Waals surface area contributed by atoms with E-state index >= 15 is 0 Å². The van der Waals surface area contributed by atoms with Gasteiger partial charge in [0.25, 0.3) is 0 Å². The number of aliphatic imine (C=N–C) groups is 1. The SMILES string of the molecule is CC(C)CC(N)C(=O)NC(CCC(=O)O)C(=O)NC(CCC(N)=O)C(=O)NC(CCCN=C(N)N)C(=O)O. The van der Waals surface area contributed by atoms with Crippen molar-refractivity contribution in [1.82, 2.24) is 16.0 Å². The molecule has 216 valence electrons. The molecule has 4 unspecified atom stereocenters. The van der Waals surface area contributed by atoms with Gasteiger partial charge in [0.1, 0.15) is 18.1 Å². The van der Waals surface area contributed by atoms with Crippen LogP contribution in [-0.4, -0.2) is 82.5 Å². The highest BCUT2D eigenvalue weighted by Gasteiger charge is 2.30. The molecule has 0 fully saturated rings. The molecule has 0 aliphatic rings. The summed E-state index contributed by atoms with van der Waals surface area (Å²) in [6.45, 7) is 3.80. The molecule has 0 saturated carbocycles. The lowest BCUT2D eigenvalue weighted by Gasteiger charge is -2.25. The van der Waals surface area contributed by atoms with E-state index in [1.807, 2.05) is 13.8 Å². The number of rotatable bonds is 19. The number of carbonyl (C=O) groups is 6. The van der Waals surface area contributed by atoms with Gasteiger partial charge >= 0.3 is 11.9 Å². The van der Waals surface area contributed by atoms with Crippen molar-refractivity contribution in [3.63, 3.8) is 0 Å². The minimum atomic E-state index is -1.41. The van der Waals surface area contributed by atoms with Crippen molar-refractivity contribution in [2.75, 3.05) is 6.54 Å². The van der Waals surface area contributed by atoms with E-state index in [0.717, 1.165) is 0 Å². The molecule has 4 atom stereocenters. The molecule has 38 heavy (non-hydrogen) atoms. The van der Waals surface area contributed by atoms with Gasteiger partial charge in [0, 0.05) is 19.4 Å². The third-order valence-electron chi connectivity index (χ3n) is 5.21. The van der Waals surface area contributed by atoms with E-state index in [9.17, 15) is 33.9 Å². The largest absolute Gasteiger partial charge is 0.481 e. The van der Waals surface area contributed by atoms with Crippen LogP contribution >= 0.6 is 0 Å². The standard InChI is InChI=1S/C22H40N8O8/c1-11(2)10-12(23)18(34)28-14(6-8-17(32)33)19(35)29-13(5-7-16(24)31)20(36)30-15(21(37)38)4-3-9-27-22(25)26/h11-15H,3-10,23H2,1-2H3,(H2,24,31)(H,28,34)(H,29,35)(H,30,36)(H,32,33)(H,37,38)(H4,25,26,27). The van der Waals surface area contributed by atoms with Crippen LogP contribution in [0.4, 0.5) is 0 Å². The summed E-state index contributed by atoms with van der Waals surface area (Å²) in [6.07, 6.45) is -0.915. The second-order valence-electron chi connectivity index (χ2n) is 9.14. The third kappa shape index (κ3) is 15.2. The Bertz CT molecular complexity index is 875. The van der Waals surface area contributed by atoms with Crippen molar-refractivity contribution in [2.24, 2.45) is 33.8 Å². The molecule has 0 saturated heterocycles. The van der Waals surface area contributed by atoms with Crippen molar-refractivity contribution in [2.45, 2.75) is 83.0 Å². The number of amides is 4. The maximum absolute atomic E-state index is 13.0. The number of carbonyl (C=O) groups excluding carboxylic acids is 4. The molecule has 0 spiro atoms. The number of nitrogens with two attached hydrogens (primary N) is 4. The monoisotopic (exact) mass is 544 g/mol. The lowest BCUT2D eigenvalue weighted by atomic mass is 10.0. The highest BCUT2D eigenvalue weighted by Crippen LogP contribution is 2.07. The topological polar surface area (TPSA) is 295 Å². The second-order valence-corrected chi connectivity index (χ2v) is 9.14. The summed E-state index contributed by atoms with van der Waals surface area (Å²) in [6, 6.07) is -5.10. The van der Waals surface area contributed by atoms with Gasteiger partial charge in [-0.3, -0.25) is 29.0 Å². The first-order valence-electron chi connectivity index (χ1n) is 12.1. The number of primary amides is 1. The third-order valence-corrected chi connectivity index (χ3v) is 5.21. The van der Waals surface area contributed by atoms with Crippen LogP contribution in [-0.2, 0) is 28.8 Å². The van der Waals surface area contributed by atoms with E-state index in [-0.39, 0.29) is 50.5 Å². The second kappa shape index (κ2) is 17.5. The first kappa shape index (κ1) is 34.0. The van der Waals surface area contributed by atoms with Gasteiger partial charge in [0.15, 0.2) is 5.96 Å². The zero-order chi connectivity index (χ0) is 29.4. The Kier molecular flexibility index (Phi) is 15.7. The quantitative estimate of drug-likeness (QED) is 0.0450.